The minimum Gasteiger partial charge on any atom is -0.390 e. The summed E-state index contributed by atoms with van der Waals surface area (Å²) in [6, 6.07) is 0. The van der Waals surface area contributed by atoms with Gasteiger partial charge in [-0.2, -0.15) is 0 Å². The Kier molecular flexibility index (Phi) is 4.90. The lowest BCUT2D eigenvalue weighted by molar-refractivity contribution is -0.120. The van der Waals surface area contributed by atoms with E-state index in [1.165, 1.54) is 0 Å². The fourth-order valence-corrected chi connectivity index (χ4v) is 0.731. The zero-order valence-corrected chi connectivity index (χ0v) is 7.06. The molecule has 0 bridgehead atoms. The lowest BCUT2D eigenvalue weighted by atomic mass is 10.1. The van der Waals surface area contributed by atoms with Gasteiger partial charge in [0.25, 0.3) is 0 Å². The highest BCUT2D eigenvalue weighted by Gasteiger charge is 2.29. The summed E-state index contributed by atoms with van der Waals surface area (Å²) in [5.74, 6) is 0. The van der Waals surface area contributed by atoms with Crippen LogP contribution < -0.4 is 0 Å². The molecule has 0 aliphatic carbocycles. The van der Waals surface area contributed by atoms with E-state index in [2.05, 4.69) is 10.0 Å². The Labute approximate surface area is 80.4 Å². The molecule has 0 amide bonds. The van der Waals surface area contributed by atoms with Crippen molar-refractivity contribution in [3.05, 3.63) is 10.4 Å². The van der Waals surface area contributed by atoms with Gasteiger partial charge in [0.1, 0.15) is 19.8 Å². The van der Waals surface area contributed by atoms with Gasteiger partial charge in [-0.15, -0.1) is 0 Å². The maximum absolute atomic E-state index is 10.2. The van der Waals surface area contributed by atoms with E-state index < -0.39 is 37.2 Å². The van der Waals surface area contributed by atoms with Crippen molar-refractivity contribution in [1.29, 1.82) is 0 Å². The smallest absolute Gasteiger partial charge is 0.161 e. The Morgan fingerprint density at radius 2 is 2.00 bits per heavy atom. The van der Waals surface area contributed by atoms with Crippen molar-refractivity contribution in [2.45, 2.75) is 31.0 Å². The van der Waals surface area contributed by atoms with Gasteiger partial charge in [0.2, 0.25) is 0 Å². The number of aliphatic hydroxyl groups excluding tert-OH is 4. The molecule has 0 heterocycles. The Balaban J connectivity index is 4.35. The molecule has 0 saturated heterocycles. The molecule has 4 N–H and O–H groups in total. The third-order valence-corrected chi connectivity index (χ3v) is 1.51. The van der Waals surface area contributed by atoms with E-state index in [9.17, 15) is 4.79 Å². The van der Waals surface area contributed by atoms with Crippen molar-refractivity contribution in [3.8, 4) is 0 Å². The summed E-state index contributed by atoms with van der Waals surface area (Å²) in [5, 5.41) is 38.9. The number of azide groups is 1. The van der Waals surface area contributed by atoms with Crippen LogP contribution in [0.1, 0.15) is 7.79 Å². The third-order valence-electron chi connectivity index (χ3n) is 1.51. The van der Waals surface area contributed by atoms with Gasteiger partial charge in [-0.1, -0.05) is 5.11 Å². The first-order valence-electron chi connectivity index (χ1n) is 4.16. The van der Waals surface area contributed by atoms with Gasteiger partial charge in [0.05, 0.1) is 6.10 Å². The molecule has 0 spiro atoms. The second kappa shape index (κ2) is 6.30. The number of aliphatic hydroxyl groups is 4. The van der Waals surface area contributed by atoms with Crippen LogP contribution in [0.4, 0.5) is 0 Å². The summed E-state index contributed by atoms with van der Waals surface area (Å²) < 4.78 is 6.49. The van der Waals surface area contributed by atoms with Gasteiger partial charge in [0, 0.05) is 11.3 Å². The van der Waals surface area contributed by atoms with Crippen LogP contribution in [-0.4, -0.2) is 51.2 Å². The standard InChI is InChI=1S/C6H11N3O5/c7-9-8-6(14)5(13)4(12)3(11)1-2-10/h2-6,11-14H,1H2/t3-,4+,5+,6?/m1/s1/i2D. The molecule has 8 heteroatoms. The molecule has 0 aromatic carbocycles. The summed E-state index contributed by atoms with van der Waals surface area (Å²) in [6.07, 6.45) is -9.25. The molecular weight excluding hydrogens is 194 g/mol. The molecule has 0 fully saturated rings. The van der Waals surface area contributed by atoms with E-state index >= 15 is 0 Å². The van der Waals surface area contributed by atoms with Crippen LogP contribution in [0.5, 0.6) is 0 Å². The summed E-state index contributed by atoms with van der Waals surface area (Å²) in [7, 11) is 0. The Morgan fingerprint density at radius 1 is 1.43 bits per heavy atom. The van der Waals surface area contributed by atoms with Gasteiger partial charge < -0.3 is 25.2 Å². The number of carbonyl (C=O) groups is 1. The molecule has 14 heavy (non-hydrogen) atoms. The van der Waals surface area contributed by atoms with Crippen molar-refractivity contribution in [2.24, 2.45) is 5.11 Å². The second-order valence-electron chi connectivity index (χ2n) is 2.52. The first kappa shape index (κ1) is 10.9. The van der Waals surface area contributed by atoms with Gasteiger partial charge in [-0.25, -0.2) is 0 Å². The zero-order chi connectivity index (χ0) is 12.0. The highest BCUT2D eigenvalue weighted by molar-refractivity contribution is 5.50. The van der Waals surface area contributed by atoms with Crippen LogP contribution in [0.15, 0.2) is 5.11 Å². The molecular formula is C6H11N3O5. The molecule has 0 radical (unpaired) electrons. The van der Waals surface area contributed by atoms with Crippen LogP contribution >= 0.6 is 0 Å². The average molecular weight is 206 g/mol. The van der Waals surface area contributed by atoms with E-state index in [0.29, 0.717) is 0 Å². The Hall–Kier alpha value is -1.18. The van der Waals surface area contributed by atoms with Gasteiger partial charge >= 0.3 is 0 Å². The number of carbonyl (C=O) groups excluding carboxylic acids is 1. The summed E-state index contributed by atoms with van der Waals surface area (Å²) in [5.41, 5.74) is 7.91. The maximum Gasteiger partial charge on any atom is 0.161 e. The molecule has 0 aliphatic heterocycles. The quantitative estimate of drug-likeness (QED) is 0.177. The highest BCUT2D eigenvalue weighted by atomic mass is 16.4. The SMILES string of the molecule is [2H]C(=O)C[C@@H](O)[C@H](O)[C@H](O)C(O)N=[N+]=[N-]. The van der Waals surface area contributed by atoms with Crippen molar-refractivity contribution in [2.75, 3.05) is 0 Å². The second-order valence-corrected chi connectivity index (χ2v) is 2.52. The fourth-order valence-electron chi connectivity index (χ4n) is 0.731. The predicted octanol–water partition coefficient (Wildman–Crippen LogP) is -1.71. The zero-order valence-electron chi connectivity index (χ0n) is 8.06. The molecule has 0 aliphatic rings. The molecule has 0 rings (SSSR count). The summed E-state index contributed by atoms with van der Waals surface area (Å²) >= 11 is 0. The molecule has 0 aromatic heterocycles. The first-order chi connectivity index (χ1) is 6.90. The molecule has 1 unspecified atom stereocenters. The number of hydrogen-bond acceptors (Lipinski definition) is 6. The minimum atomic E-state index is -1.93. The van der Waals surface area contributed by atoms with E-state index in [1.807, 2.05) is 0 Å². The highest BCUT2D eigenvalue weighted by Crippen LogP contribution is 2.07. The topological polar surface area (TPSA) is 147 Å². The molecule has 4 atom stereocenters. The van der Waals surface area contributed by atoms with E-state index in [0.717, 1.165) is 0 Å². The maximum atomic E-state index is 10.2. The van der Waals surface area contributed by atoms with Crippen LogP contribution in [0.2, 0.25) is 0 Å². The van der Waals surface area contributed by atoms with Crippen LogP contribution in [-0.2, 0) is 4.79 Å². The van der Waals surface area contributed by atoms with Crippen LogP contribution in [0.25, 0.3) is 10.4 Å². The fraction of sp³-hybridized carbons (Fsp3) is 0.833. The average Bonchev–Trinajstić information content (AvgIpc) is 2.14. The molecule has 8 nitrogen and oxygen atoms in total. The van der Waals surface area contributed by atoms with Gasteiger partial charge in [0.15, 0.2) is 6.23 Å². The van der Waals surface area contributed by atoms with E-state index in [-0.39, 0.29) is 0 Å². The number of rotatable bonds is 6. The number of hydrogen-bond donors (Lipinski definition) is 4. The largest absolute Gasteiger partial charge is 0.390 e. The lowest BCUT2D eigenvalue weighted by Gasteiger charge is -2.22. The predicted molar refractivity (Wildman–Crippen MR) is 43.9 cm³/mol. The first-order valence-corrected chi connectivity index (χ1v) is 3.66. The normalized spacial score (nSPS) is 19.9. The number of nitrogens with zero attached hydrogens (tertiary/aromatic N) is 3. The van der Waals surface area contributed by atoms with Crippen molar-refractivity contribution >= 4 is 6.26 Å². The van der Waals surface area contributed by atoms with Crippen molar-refractivity contribution in [3.63, 3.8) is 0 Å². The number of aldehydes is 1. The monoisotopic (exact) mass is 206 g/mol. The Bertz CT molecular complexity index is 269. The van der Waals surface area contributed by atoms with Crippen molar-refractivity contribution < 1.29 is 26.6 Å². The third kappa shape index (κ3) is 3.69. The Morgan fingerprint density at radius 3 is 2.43 bits per heavy atom. The minimum absolute atomic E-state index is 0.693. The summed E-state index contributed by atoms with van der Waals surface area (Å²) in [6.45, 7) is 0. The van der Waals surface area contributed by atoms with Crippen LogP contribution in [0.3, 0.4) is 0 Å². The van der Waals surface area contributed by atoms with E-state index in [1.54, 1.807) is 0 Å². The molecule has 0 aromatic rings. The molecule has 80 valence electrons. The lowest BCUT2D eigenvalue weighted by Crippen LogP contribution is -2.43. The molecule has 0 saturated carbocycles. The van der Waals surface area contributed by atoms with Crippen molar-refractivity contribution in [1.82, 2.24) is 0 Å². The van der Waals surface area contributed by atoms with E-state index in [4.69, 9.17) is 27.3 Å². The summed E-state index contributed by atoms with van der Waals surface area (Å²) in [4.78, 5) is 12.4. The van der Waals surface area contributed by atoms with Crippen LogP contribution in [0, 0.1) is 0 Å². The van der Waals surface area contributed by atoms with Gasteiger partial charge in [-0.05, 0) is 5.53 Å². The van der Waals surface area contributed by atoms with Gasteiger partial charge in [-0.3, -0.25) is 0 Å².